The van der Waals surface area contributed by atoms with Gasteiger partial charge in [0.25, 0.3) is 5.91 Å². The highest BCUT2D eigenvalue weighted by atomic mass is 16.6. The Hall–Kier alpha value is -1.88. The van der Waals surface area contributed by atoms with Crippen molar-refractivity contribution in [1.82, 2.24) is 4.90 Å². The Kier molecular flexibility index (Phi) is 4.07. The number of ether oxygens (including phenoxy) is 2. The largest absolute Gasteiger partial charge is 0.450 e. The summed E-state index contributed by atoms with van der Waals surface area (Å²) in [6, 6.07) is 9.28. The number of carbonyl (C=O) groups excluding carboxylic acids is 2. The maximum Gasteiger partial charge on any atom is 0.340 e. The van der Waals surface area contributed by atoms with Crippen molar-refractivity contribution in [3.05, 3.63) is 35.9 Å². The summed E-state index contributed by atoms with van der Waals surface area (Å²) in [5.74, 6) is 0.136. The fourth-order valence-electron chi connectivity index (χ4n) is 5.30. The molecule has 0 spiro atoms. The topological polar surface area (TPSA) is 55.8 Å². The van der Waals surface area contributed by atoms with Gasteiger partial charge in [-0.3, -0.25) is 4.79 Å². The second kappa shape index (κ2) is 6.13. The summed E-state index contributed by atoms with van der Waals surface area (Å²) in [6.45, 7) is 2.97. The summed E-state index contributed by atoms with van der Waals surface area (Å²) >= 11 is 0. The van der Waals surface area contributed by atoms with Crippen LogP contribution in [0, 0.1) is 11.8 Å². The van der Waals surface area contributed by atoms with E-state index in [9.17, 15) is 9.59 Å². The van der Waals surface area contributed by atoms with Gasteiger partial charge in [-0.25, -0.2) is 4.79 Å². The van der Waals surface area contributed by atoms with E-state index in [4.69, 9.17) is 9.47 Å². The van der Waals surface area contributed by atoms with E-state index in [0.717, 1.165) is 31.4 Å². The highest BCUT2D eigenvalue weighted by molar-refractivity contribution is 5.89. The molecule has 0 N–H and O–H groups in total. The highest BCUT2D eigenvalue weighted by Crippen LogP contribution is 2.54. The molecule has 0 radical (unpaired) electrons. The third kappa shape index (κ3) is 2.40. The molecule has 2 saturated heterocycles. The van der Waals surface area contributed by atoms with Crippen LogP contribution in [-0.2, 0) is 19.1 Å². The van der Waals surface area contributed by atoms with Gasteiger partial charge in [0.15, 0.2) is 12.2 Å². The van der Waals surface area contributed by atoms with Gasteiger partial charge in [-0.05, 0) is 37.7 Å². The van der Waals surface area contributed by atoms with Crippen molar-refractivity contribution in [3.8, 4) is 0 Å². The molecule has 1 aliphatic carbocycles. The minimum absolute atomic E-state index is 0.0202. The fraction of sp³-hybridized carbons (Fsp3) is 0.600. The van der Waals surface area contributed by atoms with Crippen molar-refractivity contribution >= 4 is 11.9 Å². The smallest absolute Gasteiger partial charge is 0.340 e. The van der Waals surface area contributed by atoms with Crippen molar-refractivity contribution in [2.75, 3.05) is 13.7 Å². The Balaban J connectivity index is 1.56. The predicted molar refractivity (Wildman–Crippen MR) is 91.6 cm³/mol. The van der Waals surface area contributed by atoms with Crippen LogP contribution in [0.2, 0.25) is 0 Å². The molecule has 2 aliphatic heterocycles. The van der Waals surface area contributed by atoms with Gasteiger partial charge in [-0.2, -0.15) is 0 Å². The van der Waals surface area contributed by atoms with Crippen molar-refractivity contribution in [2.24, 2.45) is 11.8 Å². The highest BCUT2D eigenvalue weighted by Gasteiger charge is 2.64. The van der Waals surface area contributed by atoms with E-state index in [2.05, 4.69) is 6.92 Å². The van der Waals surface area contributed by atoms with Crippen molar-refractivity contribution in [2.45, 2.75) is 50.4 Å². The molecule has 5 nitrogen and oxygen atoms in total. The summed E-state index contributed by atoms with van der Waals surface area (Å²) in [4.78, 5) is 27.6. The third-order valence-electron chi connectivity index (χ3n) is 6.60. The molecule has 134 valence electrons. The van der Waals surface area contributed by atoms with Crippen molar-refractivity contribution in [3.63, 3.8) is 0 Å². The van der Waals surface area contributed by atoms with Crippen LogP contribution in [0.3, 0.4) is 0 Å². The number of hydrogen-bond donors (Lipinski definition) is 0. The second-order valence-electron chi connectivity index (χ2n) is 7.62. The van der Waals surface area contributed by atoms with E-state index in [1.165, 1.54) is 13.5 Å². The molecular weight excluding hydrogens is 318 g/mol. The Bertz CT molecular complexity index is 676. The summed E-state index contributed by atoms with van der Waals surface area (Å²) < 4.78 is 11.1. The van der Waals surface area contributed by atoms with Gasteiger partial charge in [-0.15, -0.1) is 0 Å². The van der Waals surface area contributed by atoms with E-state index in [-0.39, 0.29) is 17.4 Å². The zero-order valence-corrected chi connectivity index (χ0v) is 14.8. The number of methoxy groups -OCH3 is 1. The Morgan fingerprint density at radius 1 is 1.24 bits per heavy atom. The van der Waals surface area contributed by atoms with E-state index in [1.807, 2.05) is 35.2 Å². The predicted octanol–water partition coefficient (Wildman–Crippen LogP) is 2.71. The van der Waals surface area contributed by atoms with Crippen LogP contribution < -0.4 is 0 Å². The van der Waals surface area contributed by atoms with Crippen molar-refractivity contribution in [1.29, 1.82) is 0 Å². The second-order valence-corrected chi connectivity index (χ2v) is 7.62. The van der Waals surface area contributed by atoms with Gasteiger partial charge in [-0.1, -0.05) is 36.8 Å². The molecule has 1 saturated carbocycles. The van der Waals surface area contributed by atoms with Gasteiger partial charge in [0.05, 0.1) is 0 Å². The first kappa shape index (κ1) is 16.6. The van der Waals surface area contributed by atoms with Crippen LogP contribution in [0.25, 0.3) is 0 Å². The molecule has 25 heavy (non-hydrogen) atoms. The van der Waals surface area contributed by atoms with Gasteiger partial charge in [0.2, 0.25) is 0 Å². The monoisotopic (exact) mass is 343 g/mol. The molecule has 3 aliphatic rings. The first-order valence-electron chi connectivity index (χ1n) is 9.17. The molecule has 5 heteroatoms. The minimum Gasteiger partial charge on any atom is -0.450 e. The summed E-state index contributed by atoms with van der Waals surface area (Å²) in [5, 5.41) is 0. The Morgan fingerprint density at radius 3 is 2.72 bits per heavy atom. The average Bonchev–Trinajstić information content (AvgIpc) is 3.07. The van der Waals surface area contributed by atoms with Crippen LogP contribution in [0.15, 0.2) is 30.3 Å². The van der Waals surface area contributed by atoms with Crippen LogP contribution in [0.1, 0.15) is 44.3 Å². The molecule has 1 amide bonds. The maximum absolute atomic E-state index is 12.9. The number of amides is 1. The molecule has 1 aromatic rings. The molecular formula is C20H25NO4. The number of nitrogens with zero attached hydrogens (tertiary/aromatic N) is 1. The SMILES string of the molecule is CO[C@H](C(=O)O[C@@H]1C(=O)N2CC[C@@H]3CCC[C@@H]1[C@@]32C)c1ccccc1. The van der Waals surface area contributed by atoms with E-state index >= 15 is 0 Å². The molecule has 0 aromatic heterocycles. The zero-order chi connectivity index (χ0) is 17.6. The lowest BCUT2D eigenvalue weighted by molar-refractivity contribution is -0.168. The minimum atomic E-state index is -0.795. The van der Waals surface area contributed by atoms with Gasteiger partial charge >= 0.3 is 5.97 Å². The molecule has 2 heterocycles. The molecule has 0 bridgehead atoms. The number of hydrogen-bond acceptors (Lipinski definition) is 4. The van der Waals surface area contributed by atoms with Crippen LogP contribution >= 0.6 is 0 Å². The number of rotatable bonds is 4. The Labute approximate surface area is 148 Å². The number of esters is 1. The molecule has 1 aromatic carbocycles. The van der Waals surface area contributed by atoms with E-state index in [0.29, 0.717) is 5.92 Å². The quantitative estimate of drug-likeness (QED) is 0.789. The first-order chi connectivity index (χ1) is 12.1. The van der Waals surface area contributed by atoms with Gasteiger partial charge in [0, 0.05) is 25.1 Å². The number of benzene rings is 1. The first-order valence-corrected chi connectivity index (χ1v) is 9.17. The molecule has 3 fully saturated rings. The van der Waals surface area contributed by atoms with E-state index < -0.39 is 18.2 Å². The fourth-order valence-corrected chi connectivity index (χ4v) is 5.30. The zero-order valence-electron chi connectivity index (χ0n) is 14.8. The summed E-state index contributed by atoms with van der Waals surface area (Å²) in [6.07, 6.45) is 2.83. The van der Waals surface area contributed by atoms with Gasteiger partial charge in [0.1, 0.15) is 0 Å². The summed E-state index contributed by atoms with van der Waals surface area (Å²) in [7, 11) is 1.49. The maximum atomic E-state index is 12.9. The van der Waals surface area contributed by atoms with E-state index in [1.54, 1.807) is 0 Å². The molecule has 0 unspecified atom stereocenters. The normalized spacial score (nSPS) is 34.7. The van der Waals surface area contributed by atoms with Crippen LogP contribution in [0.5, 0.6) is 0 Å². The third-order valence-corrected chi connectivity index (χ3v) is 6.60. The average molecular weight is 343 g/mol. The molecule has 5 atom stereocenters. The lowest BCUT2D eigenvalue weighted by atomic mass is 9.68. The molecule has 4 rings (SSSR count). The lowest BCUT2D eigenvalue weighted by Crippen LogP contribution is -2.48. The standard InChI is InChI=1S/C20H25NO4/c1-20-14-9-6-10-15(20)17(18(22)21(20)12-11-14)25-19(23)16(24-2)13-7-4-3-5-8-13/h3-5,7-8,14-17H,6,9-12H2,1-2H3/t14-,15-,16-,17-,20+/m0/s1. The number of carbonyl (C=O) groups is 2. The lowest BCUT2D eigenvalue weighted by Gasteiger charge is -2.42. The van der Waals surface area contributed by atoms with Gasteiger partial charge < -0.3 is 14.4 Å². The van der Waals surface area contributed by atoms with Crippen molar-refractivity contribution < 1.29 is 19.1 Å². The van der Waals surface area contributed by atoms with Crippen LogP contribution in [-0.4, -0.2) is 42.1 Å². The van der Waals surface area contributed by atoms with Crippen LogP contribution in [0.4, 0.5) is 0 Å². The summed E-state index contributed by atoms with van der Waals surface area (Å²) in [5.41, 5.74) is 0.601. The Morgan fingerprint density at radius 2 is 2.00 bits per heavy atom.